The fraction of sp³-hybridized carbons (Fsp3) is 0.385. The third-order valence-corrected chi connectivity index (χ3v) is 3.11. The van der Waals surface area contributed by atoms with Crippen LogP contribution in [0.15, 0.2) is 30.3 Å². The van der Waals surface area contributed by atoms with Gasteiger partial charge in [-0.1, -0.05) is 43.7 Å². The fourth-order valence-electron chi connectivity index (χ4n) is 1.44. The Bertz CT molecular complexity index is 394. The molecule has 0 aromatic heterocycles. The lowest BCUT2D eigenvalue weighted by atomic mass is 10.2. The van der Waals surface area contributed by atoms with Gasteiger partial charge in [0.2, 0.25) is 3.79 Å². The van der Waals surface area contributed by atoms with Crippen molar-refractivity contribution < 1.29 is 14.3 Å². The fourth-order valence-corrected chi connectivity index (χ4v) is 1.91. The largest absolute Gasteiger partial charge is 0.445 e. The van der Waals surface area contributed by atoms with Gasteiger partial charge < -0.3 is 10.1 Å². The minimum atomic E-state index is -0.553. The molecule has 1 aromatic rings. The molecule has 0 heterocycles. The molecule has 98 valence electrons. The minimum Gasteiger partial charge on any atom is -0.445 e. The number of rotatable bonds is 6. The average molecular weight is 361 g/mol. The quantitative estimate of drug-likeness (QED) is 0.626. The van der Waals surface area contributed by atoms with E-state index in [0.29, 0.717) is 6.42 Å². The van der Waals surface area contributed by atoms with Crippen LogP contribution in [0.4, 0.5) is 4.79 Å². The van der Waals surface area contributed by atoms with E-state index < -0.39 is 12.1 Å². The van der Waals surface area contributed by atoms with Crippen molar-refractivity contribution in [2.75, 3.05) is 0 Å². The molecule has 1 amide bonds. The number of carbonyl (C=O) groups is 2. The van der Waals surface area contributed by atoms with E-state index in [1.165, 1.54) is 0 Å². The van der Waals surface area contributed by atoms with Crippen LogP contribution in [0.25, 0.3) is 0 Å². The lowest BCUT2D eigenvalue weighted by Crippen LogP contribution is -2.38. The molecule has 0 spiro atoms. The van der Waals surface area contributed by atoms with Crippen LogP contribution in [-0.2, 0) is 16.1 Å². The van der Waals surface area contributed by atoms with E-state index in [2.05, 4.69) is 5.32 Å². The van der Waals surface area contributed by atoms with Crippen LogP contribution in [0.2, 0.25) is 0 Å². The summed E-state index contributed by atoms with van der Waals surface area (Å²) in [6.45, 7) is 2.17. The van der Waals surface area contributed by atoms with Gasteiger partial charge in [-0.2, -0.15) is 0 Å². The van der Waals surface area contributed by atoms with Crippen LogP contribution in [0.5, 0.6) is 0 Å². The summed E-state index contributed by atoms with van der Waals surface area (Å²) in [5.74, 6) is 0. The first-order valence-electron chi connectivity index (χ1n) is 5.80. The first kappa shape index (κ1) is 14.9. The Morgan fingerprint density at radius 2 is 2.00 bits per heavy atom. The van der Waals surface area contributed by atoms with Crippen LogP contribution >= 0.6 is 22.6 Å². The van der Waals surface area contributed by atoms with Gasteiger partial charge in [0.05, 0.1) is 0 Å². The molecule has 0 aliphatic rings. The summed E-state index contributed by atoms with van der Waals surface area (Å²) < 4.78 is 4.97. The Hall–Kier alpha value is -1.11. The summed E-state index contributed by atoms with van der Waals surface area (Å²) in [5.41, 5.74) is 0.917. The highest BCUT2D eigenvalue weighted by molar-refractivity contribution is 14.1. The van der Waals surface area contributed by atoms with Crippen molar-refractivity contribution in [3.05, 3.63) is 35.9 Å². The lowest BCUT2D eigenvalue weighted by Gasteiger charge is -2.14. The van der Waals surface area contributed by atoms with Gasteiger partial charge in [0.1, 0.15) is 12.6 Å². The lowest BCUT2D eigenvalue weighted by molar-refractivity contribution is -0.111. The molecule has 0 saturated carbocycles. The summed E-state index contributed by atoms with van der Waals surface area (Å²) in [6, 6.07) is 8.95. The maximum Gasteiger partial charge on any atom is 0.408 e. The second-order valence-electron chi connectivity index (χ2n) is 3.85. The van der Waals surface area contributed by atoms with E-state index in [1.807, 2.05) is 37.3 Å². The Labute approximate surface area is 120 Å². The van der Waals surface area contributed by atoms with Gasteiger partial charge >= 0.3 is 6.09 Å². The minimum absolute atomic E-state index is 0.0777. The van der Waals surface area contributed by atoms with Crippen molar-refractivity contribution in [1.29, 1.82) is 0 Å². The summed E-state index contributed by atoms with van der Waals surface area (Å²) in [5, 5.41) is 2.57. The zero-order valence-corrected chi connectivity index (χ0v) is 12.3. The van der Waals surface area contributed by atoms with Crippen LogP contribution < -0.4 is 5.32 Å². The van der Waals surface area contributed by atoms with Gasteiger partial charge in [-0.25, -0.2) is 4.79 Å². The van der Waals surface area contributed by atoms with Crippen molar-refractivity contribution >= 4 is 32.5 Å². The first-order chi connectivity index (χ1) is 8.63. The van der Waals surface area contributed by atoms with Gasteiger partial charge in [0.25, 0.3) is 0 Å². The second kappa shape index (κ2) is 8.07. The molecule has 0 radical (unpaired) electrons. The molecule has 0 bridgehead atoms. The molecule has 0 unspecified atom stereocenters. The molecule has 0 saturated heterocycles. The highest BCUT2D eigenvalue weighted by Gasteiger charge is 2.17. The molecule has 0 aliphatic carbocycles. The highest BCUT2D eigenvalue weighted by Crippen LogP contribution is 2.05. The van der Waals surface area contributed by atoms with Crippen molar-refractivity contribution in [2.45, 2.75) is 32.4 Å². The molecule has 1 atom stereocenters. The van der Waals surface area contributed by atoms with Crippen molar-refractivity contribution in [3.8, 4) is 0 Å². The Morgan fingerprint density at radius 1 is 1.33 bits per heavy atom. The molecule has 0 fully saturated rings. The number of alkyl carbamates (subject to hydrolysis) is 1. The molecule has 0 aliphatic heterocycles. The number of benzene rings is 1. The molecule has 5 heteroatoms. The summed E-state index contributed by atoms with van der Waals surface area (Å²) in [4.78, 5) is 22.8. The molecule has 1 aromatic carbocycles. The third-order valence-electron chi connectivity index (χ3n) is 2.36. The standard InChI is InChI=1S/C13H16INO3/c1-2-6-11(12(14)16)15-13(17)18-9-10-7-4-3-5-8-10/h3-5,7-8,11H,2,6,9H2,1H3,(H,15,17)/t11-/m0/s1. The Kier molecular flexibility index (Phi) is 6.70. The summed E-state index contributed by atoms with van der Waals surface area (Å²) in [6.07, 6.45) is 0.906. The molecular formula is C13H16INO3. The third kappa shape index (κ3) is 5.48. The number of hydrogen-bond acceptors (Lipinski definition) is 3. The predicted molar refractivity (Wildman–Crippen MR) is 77.5 cm³/mol. The number of ether oxygens (including phenoxy) is 1. The van der Waals surface area contributed by atoms with Gasteiger partial charge in [0.15, 0.2) is 0 Å². The molecule has 4 nitrogen and oxygen atoms in total. The molecule has 1 rings (SSSR count). The van der Waals surface area contributed by atoms with Crippen LogP contribution in [-0.4, -0.2) is 15.9 Å². The summed E-state index contributed by atoms with van der Waals surface area (Å²) >= 11 is 1.69. The predicted octanol–water partition coefficient (Wildman–Crippen LogP) is 3.04. The van der Waals surface area contributed by atoms with Gasteiger partial charge in [-0.05, 0) is 12.0 Å². The van der Waals surface area contributed by atoms with E-state index in [4.69, 9.17) is 4.74 Å². The number of carbonyl (C=O) groups excluding carboxylic acids is 2. The smallest absolute Gasteiger partial charge is 0.408 e. The number of nitrogens with one attached hydrogen (secondary N) is 1. The topological polar surface area (TPSA) is 55.4 Å². The normalized spacial score (nSPS) is 11.7. The SMILES string of the molecule is CCC[C@H](NC(=O)OCc1ccccc1)C(=O)I. The van der Waals surface area contributed by atoms with Gasteiger partial charge in [-0.15, -0.1) is 0 Å². The Morgan fingerprint density at radius 3 is 2.56 bits per heavy atom. The van der Waals surface area contributed by atoms with E-state index in [1.54, 1.807) is 22.6 Å². The molecule has 1 N–H and O–H groups in total. The molecular weight excluding hydrogens is 345 g/mol. The van der Waals surface area contributed by atoms with Crippen LogP contribution in [0.3, 0.4) is 0 Å². The maximum absolute atomic E-state index is 11.5. The first-order valence-corrected chi connectivity index (χ1v) is 6.88. The van der Waals surface area contributed by atoms with Crippen molar-refractivity contribution in [1.82, 2.24) is 5.32 Å². The maximum atomic E-state index is 11.5. The van der Waals surface area contributed by atoms with Gasteiger partial charge in [0, 0.05) is 22.6 Å². The average Bonchev–Trinajstić information content (AvgIpc) is 2.37. The number of halogens is 1. The van der Waals surface area contributed by atoms with Crippen LogP contribution in [0.1, 0.15) is 25.3 Å². The van der Waals surface area contributed by atoms with E-state index in [9.17, 15) is 9.59 Å². The summed E-state index contributed by atoms with van der Waals surface area (Å²) in [7, 11) is 0. The van der Waals surface area contributed by atoms with E-state index >= 15 is 0 Å². The van der Waals surface area contributed by atoms with E-state index in [0.717, 1.165) is 12.0 Å². The number of hydrogen-bond donors (Lipinski definition) is 1. The molecule has 18 heavy (non-hydrogen) atoms. The monoisotopic (exact) mass is 361 g/mol. The van der Waals surface area contributed by atoms with Gasteiger partial charge in [-0.3, -0.25) is 4.79 Å². The highest BCUT2D eigenvalue weighted by atomic mass is 127. The zero-order chi connectivity index (χ0) is 13.4. The van der Waals surface area contributed by atoms with Crippen LogP contribution in [0, 0.1) is 0 Å². The second-order valence-corrected chi connectivity index (χ2v) is 4.91. The Balaban J connectivity index is 2.39. The van der Waals surface area contributed by atoms with E-state index in [-0.39, 0.29) is 10.4 Å². The van der Waals surface area contributed by atoms with Crippen molar-refractivity contribution in [2.24, 2.45) is 0 Å². The zero-order valence-electron chi connectivity index (χ0n) is 10.2. The number of amides is 1. The van der Waals surface area contributed by atoms with Crippen molar-refractivity contribution in [3.63, 3.8) is 0 Å².